The lowest BCUT2D eigenvalue weighted by molar-refractivity contribution is -0.302. The Balaban J connectivity index is 1.39. The summed E-state index contributed by atoms with van der Waals surface area (Å²) in [6.45, 7) is 1.31. The lowest BCUT2D eigenvalue weighted by atomic mass is 9.88. The summed E-state index contributed by atoms with van der Waals surface area (Å²) in [5.41, 5.74) is 0. The first-order chi connectivity index (χ1) is 25.6. The van der Waals surface area contributed by atoms with Crippen molar-refractivity contribution >= 4 is 9.73 Å². The molecule has 0 aromatic rings. The molecule has 0 spiro atoms. The van der Waals surface area contributed by atoms with Crippen molar-refractivity contribution in [3.63, 3.8) is 0 Å². The summed E-state index contributed by atoms with van der Waals surface area (Å²) in [7, 11) is -2.74. The van der Waals surface area contributed by atoms with E-state index in [4.69, 9.17) is 9.47 Å². The van der Waals surface area contributed by atoms with Crippen molar-refractivity contribution in [2.75, 3.05) is 25.2 Å². The first-order valence-electron chi connectivity index (χ1n) is 21.7. The van der Waals surface area contributed by atoms with Gasteiger partial charge in [0, 0.05) is 21.7 Å². The van der Waals surface area contributed by atoms with Gasteiger partial charge in [-0.25, -0.2) is 4.36 Å². The molecule has 0 aromatic heterocycles. The van der Waals surface area contributed by atoms with E-state index in [0.29, 0.717) is 12.2 Å². The molecule has 3 aliphatic rings. The lowest BCUT2D eigenvalue weighted by Crippen LogP contribution is -2.59. The van der Waals surface area contributed by atoms with E-state index in [0.717, 1.165) is 62.7 Å². The minimum atomic E-state index is -2.74. The fourth-order valence-electron chi connectivity index (χ4n) is 8.61. The van der Waals surface area contributed by atoms with Gasteiger partial charge in [0.2, 0.25) is 0 Å². The molecule has 10 nitrogen and oxygen atoms in total. The van der Waals surface area contributed by atoms with Gasteiger partial charge < -0.3 is 40.1 Å². The Morgan fingerprint density at radius 3 is 1.87 bits per heavy atom. The maximum atomic E-state index is 13.7. The number of allylic oxidation sites excluding steroid dienone is 2. The normalized spacial score (nSPS) is 29.7. The summed E-state index contributed by atoms with van der Waals surface area (Å²) in [6, 6.07) is -1.07. The van der Waals surface area contributed by atoms with Crippen LogP contribution >= 0.6 is 0 Å². The number of fused-ring (bicyclic) bond motifs is 2. The number of ether oxygens (including phenoxy) is 2. The zero-order chi connectivity index (χ0) is 38.5. The van der Waals surface area contributed by atoms with Gasteiger partial charge in [0.15, 0.2) is 6.29 Å². The van der Waals surface area contributed by atoms with Gasteiger partial charge in [-0.1, -0.05) is 141 Å². The summed E-state index contributed by atoms with van der Waals surface area (Å²) in [5.74, 6) is 2.99. The van der Waals surface area contributed by atoms with E-state index < -0.39 is 65.3 Å². The summed E-state index contributed by atoms with van der Waals surface area (Å²) in [6.07, 6.45) is 24.6. The Hall–Kier alpha value is -0.630. The average molecular weight is 774 g/mol. The number of aliphatic hydroxyl groups excluding tert-OH is 6. The van der Waals surface area contributed by atoms with Crippen LogP contribution < -0.4 is 0 Å². The van der Waals surface area contributed by atoms with E-state index in [1.807, 2.05) is 0 Å². The minimum Gasteiger partial charge on any atom is -0.394 e. The molecule has 6 unspecified atom stereocenters. The second kappa shape index (κ2) is 26.3. The van der Waals surface area contributed by atoms with Crippen molar-refractivity contribution in [3.8, 4) is 0 Å². The van der Waals surface area contributed by atoms with Gasteiger partial charge in [-0.2, -0.15) is 0 Å². The standard InChI is InChI=1S/C42H79NO9S/c1-3-4-5-6-7-8-9-10-11-15-18-21-24-36(45)38(46)35(31-51-42-41(49)40(48)39(47)37(30-44)52-42)43-53(2,50)27-22-19-16-13-12-14-17-20-23-33-28-32-25-26-34(33)29-32/h25-26,32-42,44-49H,3-24,27-31H2,1-2H3/t32-,33+,34-,35+,36-,37?,38+,39?,40?,41?,42?,53?/m1/s1. The quantitative estimate of drug-likeness (QED) is 0.0328. The molecule has 6 N–H and O–H groups in total. The smallest absolute Gasteiger partial charge is 0.186 e. The van der Waals surface area contributed by atoms with Gasteiger partial charge >= 0.3 is 0 Å². The molecular formula is C42H79NO9S. The Labute approximate surface area is 322 Å². The van der Waals surface area contributed by atoms with Crippen molar-refractivity contribution in [1.29, 1.82) is 0 Å². The number of hydrogen-bond donors (Lipinski definition) is 6. The highest BCUT2D eigenvalue weighted by atomic mass is 32.2. The van der Waals surface area contributed by atoms with Gasteiger partial charge in [0.25, 0.3) is 0 Å². The van der Waals surface area contributed by atoms with Crippen LogP contribution in [-0.2, 0) is 19.2 Å². The van der Waals surface area contributed by atoms with Crippen molar-refractivity contribution in [2.24, 2.45) is 22.1 Å². The van der Waals surface area contributed by atoms with Gasteiger partial charge in [0.05, 0.1) is 19.3 Å². The topological polar surface area (TPSA) is 169 Å². The van der Waals surface area contributed by atoms with E-state index in [1.165, 1.54) is 103 Å². The second-order valence-electron chi connectivity index (χ2n) is 16.8. The zero-order valence-corrected chi connectivity index (χ0v) is 34.2. The van der Waals surface area contributed by atoms with Crippen molar-refractivity contribution in [3.05, 3.63) is 12.2 Å². The molecule has 1 saturated heterocycles. The number of hydrogen-bond acceptors (Lipinski definition) is 10. The molecular weight excluding hydrogens is 695 g/mol. The molecule has 53 heavy (non-hydrogen) atoms. The van der Waals surface area contributed by atoms with Crippen LogP contribution in [0.1, 0.15) is 161 Å². The molecule has 312 valence electrons. The van der Waals surface area contributed by atoms with E-state index in [9.17, 15) is 34.8 Å². The Kier molecular flexibility index (Phi) is 23.2. The third-order valence-electron chi connectivity index (χ3n) is 12.0. The SMILES string of the molecule is CCCCCCCCCCCCCC[C@@H](O)[C@@H](O)[C@H](COC1OC(CO)C(O)C(O)C1O)N=S(C)(=O)CCCCCCCCCC[C@H]1C[C@H]2C=C[C@@H]1C2. The molecule has 1 heterocycles. The third-order valence-corrected chi connectivity index (χ3v) is 13.8. The molecule has 0 radical (unpaired) electrons. The Morgan fingerprint density at radius 1 is 0.755 bits per heavy atom. The van der Waals surface area contributed by atoms with Gasteiger partial charge in [-0.3, -0.25) is 4.21 Å². The molecule has 11 heteroatoms. The summed E-state index contributed by atoms with van der Waals surface area (Å²) >= 11 is 0. The molecule has 3 rings (SSSR count). The maximum Gasteiger partial charge on any atom is 0.186 e. The first-order valence-corrected chi connectivity index (χ1v) is 23.8. The molecule has 2 aliphatic carbocycles. The fraction of sp³-hybridized carbons (Fsp3) is 0.952. The summed E-state index contributed by atoms with van der Waals surface area (Å²) in [5, 5.41) is 62.6. The van der Waals surface area contributed by atoms with Gasteiger partial charge in [-0.05, 0) is 49.9 Å². The highest BCUT2D eigenvalue weighted by molar-refractivity contribution is 7.92. The number of aliphatic hydroxyl groups is 6. The van der Waals surface area contributed by atoms with Crippen LogP contribution in [-0.4, -0.2) is 109 Å². The van der Waals surface area contributed by atoms with Crippen LogP contribution in [0.3, 0.4) is 0 Å². The minimum absolute atomic E-state index is 0.330. The zero-order valence-electron chi connectivity index (χ0n) is 33.4. The number of nitrogens with zero attached hydrogens (tertiary/aromatic N) is 1. The van der Waals surface area contributed by atoms with Gasteiger partial charge in [0.1, 0.15) is 36.6 Å². The van der Waals surface area contributed by atoms with E-state index in [1.54, 1.807) is 6.26 Å². The fourth-order valence-corrected chi connectivity index (χ4v) is 10.2. The lowest BCUT2D eigenvalue weighted by Gasteiger charge is -2.40. The molecule has 0 amide bonds. The Morgan fingerprint density at radius 2 is 1.32 bits per heavy atom. The van der Waals surface area contributed by atoms with Crippen LogP contribution in [0.5, 0.6) is 0 Å². The number of unbranched alkanes of at least 4 members (excludes halogenated alkanes) is 18. The van der Waals surface area contributed by atoms with E-state index in [2.05, 4.69) is 23.4 Å². The molecule has 12 atom stereocenters. The van der Waals surface area contributed by atoms with Crippen LogP contribution in [0.2, 0.25) is 0 Å². The highest BCUT2D eigenvalue weighted by Gasteiger charge is 2.44. The van der Waals surface area contributed by atoms with E-state index in [-0.39, 0.29) is 6.61 Å². The molecule has 1 saturated carbocycles. The van der Waals surface area contributed by atoms with E-state index >= 15 is 0 Å². The summed E-state index contributed by atoms with van der Waals surface area (Å²) in [4.78, 5) is 0. The van der Waals surface area contributed by atoms with Crippen molar-refractivity contribution in [1.82, 2.24) is 0 Å². The van der Waals surface area contributed by atoms with Crippen molar-refractivity contribution < 1.29 is 44.3 Å². The largest absolute Gasteiger partial charge is 0.394 e. The molecule has 2 bridgehead atoms. The average Bonchev–Trinajstić information content (AvgIpc) is 3.78. The molecule has 1 aliphatic heterocycles. The number of rotatable bonds is 31. The highest BCUT2D eigenvalue weighted by Crippen LogP contribution is 2.45. The van der Waals surface area contributed by atoms with Crippen LogP contribution in [0.15, 0.2) is 16.5 Å². The second-order valence-corrected chi connectivity index (χ2v) is 19.3. The monoisotopic (exact) mass is 774 g/mol. The first kappa shape index (κ1) is 46.8. The predicted molar refractivity (Wildman–Crippen MR) is 213 cm³/mol. The van der Waals surface area contributed by atoms with Gasteiger partial charge in [-0.15, -0.1) is 0 Å². The Bertz CT molecular complexity index is 1100. The van der Waals surface area contributed by atoms with Crippen molar-refractivity contribution in [2.45, 2.75) is 210 Å². The van der Waals surface area contributed by atoms with Crippen LogP contribution in [0.25, 0.3) is 0 Å². The predicted octanol–water partition coefficient (Wildman–Crippen LogP) is 6.81. The maximum absolute atomic E-state index is 13.7. The van der Waals surface area contributed by atoms with Crippen LogP contribution in [0.4, 0.5) is 0 Å². The van der Waals surface area contributed by atoms with Crippen LogP contribution in [0, 0.1) is 17.8 Å². The molecule has 2 fully saturated rings. The third kappa shape index (κ3) is 17.6. The summed E-state index contributed by atoms with van der Waals surface area (Å²) < 4.78 is 29.4. The molecule has 0 aromatic carbocycles.